The van der Waals surface area contributed by atoms with Crippen molar-refractivity contribution in [1.29, 1.82) is 0 Å². The molecule has 0 aromatic rings. The molecule has 0 aromatic carbocycles. The zero-order valence-electron chi connectivity index (χ0n) is 11.8. The Balaban J connectivity index is 5.46. The van der Waals surface area contributed by atoms with E-state index in [9.17, 15) is 0 Å². The molecule has 0 N–H and O–H groups in total. The molecule has 0 heteroatoms. The quantitative estimate of drug-likeness (QED) is 0.556. The Bertz CT molecular complexity index is 235. The van der Waals surface area contributed by atoms with Crippen molar-refractivity contribution in [1.82, 2.24) is 0 Å². The fraction of sp³-hybridized carbons (Fsp3) is 0.733. The lowest BCUT2D eigenvalue weighted by Crippen LogP contribution is -2.09. The summed E-state index contributed by atoms with van der Waals surface area (Å²) >= 11 is 0. The maximum atomic E-state index is 2.36. The van der Waals surface area contributed by atoms with Crippen LogP contribution in [0.2, 0.25) is 0 Å². The van der Waals surface area contributed by atoms with E-state index >= 15 is 0 Å². The summed E-state index contributed by atoms with van der Waals surface area (Å²) in [7, 11) is 0. The Labute approximate surface area is 96.5 Å². The van der Waals surface area contributed by atoms with Crippen LogP contribution in [0, 0.1) is 17.8 Å². The van der Waals surface area contributed by atoms with Gasteiger partial charge in [-0.1, -0.05) is 58.8 Å². The van der Waals surface area contributed by atoms with Crippen LogP contribution in [0.25, 0.3) is 0 Å². The van der Waals surface area contributed by atoms with Crippen molar-refractivity contribution < 1.29 is 0 Å². The topological polar surface area (TPSA) is 0 Å². The summed E-state index contributed by atoms with van der Waals surface area (Å²) in [5.74, 6) is 1.93. The van der Waals surface area contributed by atoms with E-state index in [0.29, 0.717) is 17.8 Å². The molecule has 0 aliphatic rings. The van der Waals surface area contributed by atoms with Crippen molar-refractivity contribution in [2.75, 3.05) is 0 Å². The first-order valence-electron chi connectivity index (χ1n) is 6.16. The molecule has 0 unspecified atom stereocenters. The summed E-state index contributed by atoms with van der Waals surface area (Å²) in [6.45, 7) is 18.2. The summed E-state index contributed by atoms with van der Waals surface area (Å²) in [4.78, 5) is 0. The largest absolute Gasteiger partial charge is 0.0762 e. The van der Waals surface area contributed by atoms with Gasteiger partial charge in [0.05, 0.1) is 0 Å². The summed E-state index contributed by atoms with van der Waals surface area (Å²) in [6.07, 6.45) is 2.36. The third-order valence-corrected chi connectivity index (χ3v) is 2.64. The standard InChI is InChI=1S/C15H28/c1-10(2)9-14(11(3)4)15(12(5)6)13(7)8/h9,11-13H,1-8H3. The Morgan fingerprint density at radius 1 is 0.733 bits per heavy atom. The average molecular weight is 208 g/mol. The van der Waals surface area contributed by atoms with Crippen molar-refractivity contribution in [3.8, 4) is 0 Å². The zero-order valence-corrected chi connectivity index (χ0v) is 11.8. The van der Waals surface area contributed by atoms with E-state index in [4.69, 9.17) is 0 Å². The SMILES string of the molecule is CC(C)=CC(=C(C(C)C)C(C)C)C(C)C. The van der Waals surface area contributed by atoms with E-state index in [0.717, 1.165) is 0 Å². The Morgan fingerprint density at radius 2 is 1.13 bits per heavy atom. The van der Waals surface area contributed by atoms with Gasteiger partial charge in [-0.25, -0.2) is 0 Å². The van der Waals surface area contributed by atoms with Gasteiger partial charge >= 0.3 is 0 Å². The number of rotatable bonds is 4. The van der Waals surface area contributed by atoms with Gasteiger partial charge in [-0.15, -0.1) is 0 Å². The smallest absolute Gasteiger partial charge is 0.0219 e. The van der Waals surface area contributed by atoms with Crippen LogP contribution in [0.5, 0.6) is 0 Å². The van der Waals surface area contributed by atoms with Crippen LogP contribution in [-0.4, -0.2) is 0 Å². The highest BCUT2D eigenvalue weighted by atomic mass is 14.2. The maximum Gasteiger partial charge on any atom is -0.0219 e. The second-order valence-corrected chi connectivity index (χ2v) is 5.60. The fourth-order valence-corrected chi connectivity index (χ4v) is 2.23. The molecule has 0 aromatic heterocycles. The number of hydrogen-bond acceptors (Lipinski definition) is 0. The molecule has 0 atom stereocenters. The summed E-state index contributed by atoms with van der Waals surface area (Å²) in [5, 5.41) is 0. The van der Waals surface area contributed by atoms with Crippen molar-refractivity contribution >= 4 is 0 Å². The molecule has 0 aliphatic heterocycles. The van der Waals surface area contributed by atoms with Crippen LogP contribution in [0.1, 0.15) is 55.4 Å². The number of allylic oxidation sites excluding steroid dienone is 4. The molecule has 0 aliphatic carbocycles. The van der Waals surface area contributed by atoms with Crippen molar-refractivity contribution in [3.63, 3.8) is 0 Å². The third-order valence-electron chi connectivity index (χ3n) is 2.64. The van der Waals surface area contributed by atoms with E-state index in [1.165, 1.54) is 5.57 Å². The van der Waals surface area contributed by atoms with Gasteiger partial charge in [-0.2, -0.15) is 0 Å². The van der Waals surface area contributed by atoms with Gasteiger partial charge in [-0.05, 0) is 37.2 Å². The minimum absolute atomic E-state index is 0.625. The first kappa shape index (κ1) is 14.5. The van der Waals surface area contributed by atoms with Crippen LogP contribution >= 0.6 is 0 Å². The molecule has 15 heavy (non-hydrogen) atoms. The van der Waals surface area contributed by atoms with Crippen molar-refractivity contribution in [2.45, 2.75) is 55.4 Å². The molecule has 0 bridgehead atoms. The second-order valence-electron chi connectivity index (χ2n) is 5.60. The minimum Gasteiger partial charge on any atom is -0.0762 e. The molecule has 0 radical (unpaired) electrons. The lowest BCUT2D eigenvalue weighted by atomic mass is 9.83. The van der Waals surface area contributed by atoms with E-state index in [1.807, 2.05) is 0 Å². The van der Waals surface area contributed by atoms with Crippen molar-refractivity contribution in [2.24, 2.45) is 17.8 Å². The molecule has 0 spiro atoms. The first-order valence-corrected chi connectivity index (χ1v) is 6.16. The zero-order chi connectivity index (χ0) is 12.2. The molecular formula is C15H28. The lowest BCUT2D eigenvalue weighted by molar-refractivity contribution is 0.595. The van der Waals surface area contributed by atoms with Crippen LogP contribution in [0.4, 0.5) is 0 Å². The van der Waals surface area contributed by atoms with E-state index in [2.05, 4.69) is 61.5 Å². The molecule has 0 saturated heterocycles. The molecular weight excluding hydrogens is 180 g/mol. The Morgan fingerprint density at radius 3 is 1.33 bits per heavy atom. The molecule has 0 rings (SSSR count). The van der Waals surface area contributed by atoms with Gasteiger partial charge < -0.3 is 0 Å². The van der Waals surface area contributed by atoms with Gasteiger partial charge in [0.25, 0.3) is 0 Å². The van der Waals surface area contributed by atoms with Gasteiger partial charge in [0.15, 0.2) is 0 Å². The van der Waals surface area contributed by atoms with Gasteiger partial charge in [0, 0.05) is 0 Å². The lowest BCUT2D eigenvalue weighted by Gasteiger charge is -2.23. The predicted octanol–water partition coefficient (Wildman–Crippen LogP) is 5.22. The maximum absolute atomic E-state index is 2.36. The Kier molecular flexibility index (Phi) is 5.93. The minimum atomic E-state index is 0.625. The molecule has 0 amide bonds. The molecule has 88 valence electrons. The molecule has 0 nitrogen and oxygen atoms in total. The highest BCUT2D eigenvalue weighted by molar-refractivity contribution is 5.31. The van der Waals surface area contributed by atoms with Crippen LogP contribution in [0.15, 0.2) is 22.8 Å². The average Bonchev–Trinajstić information content (AvgIpc) is 2.00. The van der Waals surface area contributed by atoms with Crippen molar-refractivity contribution in [3.05, 3.63) is 22.8 Å². The highest BCUT2D eigenvalue weighted by Gasteiger charge is 2.15. The predicted molar refractivity (Wildman–Crippen MR) is 71.0 cm³/mol. The van der Waals surface area contributed by atoms with E-state index in [-0.39, 0.29) is 0 Å². The van der Waals surface area contributed by atoms with E-state index < -0.39 is 0 Å². The second kappa shape index (κ2) is 6.15. The van der Waals surface area contributed by atoms with Gasteiger partial charge in [-0.3, -0.25) is 0 Å². The normalized spacial score (nSPS) is 11.1. The van der Waals surface area contributed by atoms with Crippen LogP contribution in [-0.2, 0) is 0 Å². The summed E-state index contributed by atoms with van der Waals surface area (Å²) in [5.41, 5.74) is 4.56. The summed E-state index contributed by atoms with van der Waals surface area (Å²) < 4.78 is 0. The van der Waals surface area contributed by atoms with Gasteiger partial charge in [0.1, 0.15) is 0 Å². The Hall–Kier alpha value is -0.520. The molecule has 0 saturated carbocycles. The molecule has 0 fully saturated rings. The van der Waals surface area contributed by atoms with Crippen LogP contribution in [0.3, 0.4) is 0 Å². The monoisotopic (exact) mass is 208 g/mol. The molecule has 0 heterocycles. The van der Waals surface area contributed by atoms with Crippen LogP contribution < -0.4 is 0 Å². The first-order chi connectivity index (χ1) is 6.77. The highest BCUT2D eigenvalue weighted by Crippen LogP contribution is 2.29. The van der Waals surface area contributed by atoms with E-state index in [1.54, 1.807) is 11.1 Å². The number of hydrogen-bond donors (Lipinski definition) is 0. The third kappa shape index (κ3) is 4.68. The summed E-state index contributed by atoms with van der Waals surface area (Å²) in [6, 6.07) is 0. The van der Waals surface area contributed by atoms with Gasteiger partial charge in [0.2, 0.25) is 0 Å². The fourth-order valence-electron chi connectivity index (χ4n) is 2.23.